The monoisotopic (exact) mass is 1130 g/mol. The van der Waals surface area contributed by atoms with Crippen molar-refractivity contribution < 1.29 is 8.22 Å². The van der Waals surface area contributed by atoms with Crippen molar-refractivity contribution in [3.05, 3.63) is 206 Å². The van der Waals surface area contributed by atoms with Crippen molar-refractivity contribution in [3.8, 4) is 0 Å². The topological polar surface area (TPSA) is 77.3 Å². The van der Waals surface area contributed by atoms with Crippen LogP contribution in [-0.2, 0) is 23.7 Å². The predicted octanol–water partition coefficient (Wildman–Crippen LogP) is 20.8. The van der Waals surface area contributed by atoms with E-state index >= 15 is 0 Å². The van der Waals surface area contributed by atoms with E-state index in [4.69, 9.17) is 8.22 Å². The van der Waals surface area contributed by atoms with Crippen LogP contribution in [0, 0.1) is 121 Å². The van der Waals surface area contributed by atoms with Gasteiger partial charge >= 0.3 is 0 Å². The Kier molecular flexibility index (Phi) is 26.0. The van der Waals surface area contributed by atoms with E-state index in [0.717, 1.165) is 23.2 Å². The quantitative estimate of drug-likeness (QED) is 0.172. The van der Waals surface area contributed by atoms with E-state index < -0.39 is 13.7 Å². The molecule has 9 heteroatoms. The number of aryl methyl sites for hydroxylation is 16. The van der Waals surface area contributed by atoms with Crippen LogP contribution in [0.2, 0.25) is 0 Å². The standard InChI is InChI=1S/C12H21N3.C11H18S.C10H16S.2C8H10.C7H10N2.C7H9N.C7H10S/c1-8-13-9(11(2,3)4)15-10(14-8)12(5,6)7;1-8-6-10(12-9(8)2)7-11(3,4)5;1-8-5-6-9(11-8)7-10(2,3)4;2*1-7-3-5-8(2)6-4-7;1-5-4-6(2)9-7(3)8-5;1-6-3-4-8-7(2)5-6;1-5-4-6(2)8-7(5)3/h1-7H3;6H,7H2,1-5H3;5-6H,7H2,1-4H3;2*3-6H,1-2H3;4H,1-3H3;3-5H,1-2H3;4H,1-3H3/i;;;;;2*1D3;. The van der Waals surface area contributed by atoms with Gasteiger partial charge in [-0.3, -0.25) is 4.98 Å². The summed E-state index contributed by atoms with van der Waals surface area (Å²) < 4.78 is 42.6. The lowest BCUT2D eigenvalue weighted by Crippen LogP contribution is -2.24. The average molecular weight is 1130 g/mol. The Labute approximate surface area is 503 Å². The Balaban J connectivity index is 0.000000490. The fourth-order valence-corrected chi connectivity index (χ4v) is 10.3. The molecule has 2 aromatic carbocycles. The van der Waals surface area contributed by atoms with Crippen LogP contribution in [0.1, 0.15) is 200 Å². The molecule has 6 nitrogen and oxygen atoms in total. The number of thiophene rings is 3. The number of benzene rings is 2. The van der Waals surface area contributed by atoms with Crippen LogP contribution in [0.25, 0.3) is 0 Å². The summed E-state index contributed by atoms with van der Waals surface area (Å²) in [5.41, 5.74) is 10.9. The molecule has 0 saturated carbocycles. The van der Waals surface area contributed by atoms with Gasteiger partial charge in [-0.1, -0.05) is 154 Å². The Hall–Kier alpha value is -5.22. The first kappa shape index (κ1) is 61.4. The maximum absolute atomic E-state index is 7.11. The Morgan fingerprint density at radius 1 is 0.367 bits per heavy atom. The highest BCUT2D eigenvalue weighted by Crippen LogP contribution is 2.29. The number of pyridine rings is 1. The largest absolute Gasteiger partial charge is 0.262 e. The minimum absolute atomic E-state index is 0.0201. The molecule has 0 radical (unpaired) electrons. The fourth-order valence-electron chi connectivity index (χ4n) is 6.81. The summed E-state index contributed by atoms with van der Waals surface area (Å²) >= 11 is 5.73. The van der Waals surface area contributed by atoms with E-state index in [9.17, 15) is 0 Å². The highest BCUT2D eigenvalue weighted by molar-refractivity contribution is 7.12. The SMILES string of the molecule is Cc1cc(C)c(C)s1.Cc1cc(CC(C)(C)C)sc1C.Cc1ccc(C)cc1.Cc1ccc(C)cc1.Cc1ccc(CC(C)(C)C)s1.Cc1nc(C(C)(C)C)nc(C(C)(C)C)n1.[2H]C([2H])([2H])c1cc(C)nc(C)n1.[2H]C([2H])([2H])c1ccnc(C)c1. The molecule has 6 heterocycles. The van der Waals surface area contributed by atoms with E-state index in [1.165, 1.54) is 93.8 Å². The van der Waals surface area contributed by atoms with Crippen LogP contribution in [-0.4, -0.2) is 29.9 Å². The van der Waals surface area contributed by atoms with Gasteiger partial charge in [0.05, 0.1) is 0 Å². The van der Waals surface area contributed by atoms with Gasteiger partial charge in [-0.2, -0.15) is 0 Å². The molecule has 0 N–H and O–H groups in total. The summed E-state index contributed by atoms with van der Waals surface area (Å²) in [6.45, 7) is 50.8. The van der Waals surface area contributed by atoms with Gasteiger partial charge in [0, 0.05) is 71.6 Å². The molecule has 8 aromatic rings. The normalized spacial score (nSPS) is 12.3. The molecule has 432 valence electrons. The van der Waals surface area contributed by atoms with Gasteiger partial charge in [-0.05, 0) is 193 Å². The van der Waals surface area contributed by atoms with Crippen molar-refractivity contribution in [2.24, 2.45) is 10.8 Å². The Morgan fingerprint density at radius 2 is 0.797 bits per heavy atom. The van der Waals surface area contributed by atoms with Crippen LogP contribution in [0.4, 0.5) is 0 Å². The number of rotatable bonds is 2. The van der Waals surface area contributed by atoms with E-state index in [0.29, 0.717) is 27.9 Å². The van der Waals surface area contributed by atoms with Crippen LogP contribution in [0.15, 0.2) is 97.2 Å². The molecule has 0 saturated heterocycles. The van der Waals surface area contributed by atoms with Gasteiger partial charge in [0.1, 0.15) is 23.3 Å². The molecule has 0 aliphatic carbocycles. The maximum atomic E-state index is 7.11. The summed E-state index contributed by atoms with van der Waals surface area (Å²) in [7, 11) is 0. The first-order valence-electron chi connectivity index (χ1n) is 30.3. The average Bonchev–Trinajstić information content (AvgIpc) is 4.22. The van der Waals surface area contributed by atoms with Crippen molar-refractivity contribution in [3.63, 3.8) is 0 Å². The van der Waals surface area contributed by atoms with Crippen LogP contribution >= 0.6 is 34.0 Å². The molecule has 6 aromatic heterocycles. The lowest BCUT2D eigenvalue weighted by Gasteiger charge is -2.22. The second-order valence-electron chi connectivity index (χ2n) is 25.0. The van der Waals surface area contributed by atoms with E-state index in [-0.39, 0.29) is 16.5 Å². The fraction of sp³-hybridized carbons (Fsp3) is 0.486. The molecule has 8 rings (SSSR count). The molecule has 0 amide bonds. The van der Waals surface area contributed by atoms with Gasteiger partial charge in [0.25, 0.3) is 0 Å². The van der Waals surface area contributed by atoms with Gasteiger partial charge in [0.15, 0.2) is 0 Å². The smallest absolute Gasteiger partial charge is 0.137 e. The molecule has 0 spiro atoms. The number of nitrogens with zero attached hydrogens (tertiary/aromatic N) is 6. The van der Waals surface area contributed by atoms with Gasteiger partial charge in [-0.25, -0.2) is 24.9 Å². The molecule has 0 bridgehead atoms. The van der Waals surface area contributed by atoms with E-state index in [1.807, 2.05) is 40.9 Å². The first-order chi connectivity index (χ1) is 38.6. The minimum Gasteiger partial charge on any atom is -0.262 e. The predicted molar refractivity (Wildman–Crippen MR) is 351 cm³/mol. The summed E-state index contributed by atoms with van der Waals surface area (Å²) in [6, 6.07) is 30.5. The molecule has 0 unspecified atom stereocenters. The molecular formula is C70H104N6S3. The lowest BCUT2D eigenvalue weighted by molar-refractivity contribution is 0.414. The molecule has 0 atom stereocenters. The van der Waals surface area contributed by atoms with Crippen molar-refractivity contribution in [2.45, 2.75) is 217 Å². The summed E-state index contributed by atoms with van der Waals surface area (Å²) in [4.78, 5) is 33.9. The molecule has 0 aliphatic rings. The number of aromatic nitrogens is 6. The second kappa shape index (κ2) is 33.5. The number of hydrogen-bond donors (Lipinski definition) is 0. The van der Waals surface area contributed by atoms with Crippen molar-refractivity contribution >= 4 is 34.0 Å². The zero-order valence-corrected chi connectivity index (χ0v) is 56.0. The molecule has 79 heavy (non-hydrogen) atoms. The zero-order valence-electron chi connectivity index (χ0n) is 59.6. The van der Waals surface area contributed by atoms with Crippen LogP contribution in [0.5, 0.6) is 0 Å². The summed E-state index contributed by atoms with van der Waals surface area (Å²) in [5.74, 6) is 3.06. The van der Waals surface area contributed by atoms with Crippen molar-refractivity contribution in [1.82, 2.24) is 29.9 Å². The minimum atomic E-state index is -2.13. The summed E-state index contributed by atoms with van der Waals surface area (Å²) in [5, 5.41) is 0. The maximum Gasteiger partial charge on any atom is 0.137 e. The Bertz CT molecular complexity index is 3030. The third-order valence-electron chi connectivity index (χ3n) is 11.1. The molecular weight excluding hydrogens is 1020 g/mol. The van der Waals surface area contributed by atoms with Crippen LogP contribution in [0.3, 0.4) is 0 Å². The zero-order chi connectivity index (χ0) is 65.6. The Morgan fingerprint density at radius 3 is 1.10 bits per heavy atom. The molecule has 0 aliphatic heterocycles. The third-order valence-corrected chi connectivity index (χ3v) is 14.3. The number of hydrogen-bond acceptors (Lipinski definition) is 9. The van der Waals surface area contributed by atoms with Crippen LogP contribution < -0.4 is 0 Å². The van der Waals surface area contributed by atoms with Gasteiger partial charge in [-0.15, -0.1) is 34.0 Å². The second-order valence-corrected chi connectivity index (χ2v) is 29.2. The summed E-state index contributed by atoms with van der Waals surface area (Å²) in [6.07, 6.45) is 3.91. The van der Waals surface area contributed by atoms with Gasteiger partial charge in [0.2, 0.25) is 0 Å². The van der Waals surface area contributed by atoms with Crippen molar-refractivity contribution in [2.75, 3.05) is 0 Å². The van der Waals surface area contributed by atoms with Gasteiger partial charge < -0.3 is 0 Å². The molecule has 0 fully saturated rings. The van der Waals surface area contributed by atoms with E-state index in [1.54, 1.807) is 26.8 Å². The third kappa shape index (κ3) is 33.9. The highest BCUT2D eigenvalue weighted by atomic mass is 32.1. The highest BCUT2D eigenvalue weighted by Gasteiger charge is 2.24. The van der Waals surface area contributed by atoms with E-state index in [2.05, 4.69) is 255 Å². The lowest BCUT2D eigenvalue weighted by atomic mass is 9.91. The first-order valence-corrected chi connectivity index (χ1v) is 29.8. The van der Waals surface area contributed by atoms with Crippen molar-refractivity contribution in [1.29, 1.82) is 0 Å².